The first-order chi connectivity index (χ1) is 10.9. The van der Waals surface area contributed by atoms with Crippen LogP contribution in [0.2, 0.25) is 5.02 Å². The number of aryl methyl sites for hydroxylation is 1. The fourth-order valence-electron chi connectivity index (χ4n) is 2.13. The fourth-order valence-corrected chi connectivity index (χ4v) is 2.31. The van der Waals surface area contributed by atoms with Gasteiger partial charge in [-0.25, -0.2) is 4.79 Å². The number of carbonyl (C=O) groups excluding carboxylic acids is 1. The number of amides is 1. The molecule has 0 saturated heterocycles. The van der Waals surface area contributed by atoms with Crippen LogP contribution in [-0.2, 0) is 0 Å². The monoisotopic (exact) mass is 329 g/mol. The van der Waals surface area contributed by atoms with Crippen molar-refractivity contribution in [2.75, 3.05) is 5.32 Å². The smallest absolute Gasteiger partial charge is 0.349 e. The minimum atomic E-state index is -0.779. The third-order valence-electron chi connectivity index (χ3n) is 3.39. The van der Waals surface area contributed by atoms with Gasteiger partial charge in [-0.15, -0.1) is 0 Å². The molecule has 0 fully saturated rings. The largest absolute Gasteiger partial charge is 0.508 e. The molecule has 6 heteroatoms. The van der Waals surface area contributed by atoms with Crippen molar-refractivity contribution in [3.63, 3.8) is 0 Å². The van der Waals surface area contributed by atoms with Gasteiger partial charge in [-0.2, -0.15) is 0 Å². The first-order valence-corrected chi connectivity index (χ1v) is 7.16. The number of phenolic OH excluding ortho intramolecular Hbond substituents is 1. The Morgan fingerprint density at radius 3 is 2.70 bits per heavy atom. The standard InChI is InChI=1S/C17H12ClNO4/c1-9-2-4-11(7-14(9)18)19-16(21)13-6-10-3-5-12(20)8-15(10)23-17(13)22/h2-8,20H,1H3,(H,19,21). The first kappa shape index (κ1) is 15.1. The molecule has 0 radical (unpaired) electrons. The lowest BCUT2D eigenvalue weighted by atomic mass is 10.1. The van der Waals surface area contributed by atoms with Crippen molar-refractivity contribution in [1.82, 2.24) is 0 Å². The van der Waals surface area contributed by atoms with Gasteiger partial charge < -0.3 is 14.8 Å². The Hall–Kier alpha value is -2.79. The Bertz CT molecular complexity index is 978. The highest BCUT2D eigenvalue weighted by Crippen LogP contribution is 2.22. The van der Waals surface area contributed by atoms with Crippen LogP contribution in [0.5, 0.6) is 5.75 Å². The second-order valence-corrected chi connectivity index (χ2v) is 5.49. The zero-order chi connectivity index (χ0) is 16.6. The number of benzene rings is 2. The van der Waals surface area contributed by atoms with Gasteiger partial charge in [0.15, 0.2) is 0 Å². The van der Waals surface area contributed by atoms with E-state index in [-0.39, 0.29) is 16.9 Å². The van der Waals surface area contributed by atoms with Crippen molar-refractivity contribution in [1.29, 1.82) is 0 Å². The summed E-state index contributed by atoms with van der Waals surface area (Å²) in [6.45, 7) is 1.85. The highest BCUT2D eigenvalue weighted by atomic mass is 35.5. The Morgan fingerprint density at radius 1 is 1.17 bits per heavy atom. The van der Waals surface area contributed by atoms with Gasteiger partial charge in [0.05, 0.1) is 0 Å². The summed E-state index contributed by atoms with van der Waals surface area (Å²) in [5.41, 5.74) is 0.675. The molecule has 5 nitrogen and oxygen atoms in total. The van der Waals surface area contributed by atoms with Crippen LogP contribution in [0.4, 0.5) is 5.69 Å². The van der Waals surface area contributed by atoms with E-state index in [0.717, 1.165) is 5.56 Å². The summed E-state index contributed by atoms with van der Waals surface area (Å²) in [5, 5.41) is 13.1. The zero-order valence-electron chi connectivity index (χ0n) is 12.1. The van der Waals surface area contributed by atoms with Crippen LogP contribution in [0, 0.1) is 6.92 Å². The predicted octanol–water partition coefficient (Wildman–Crippen LogP) is 3.71. The summed E-state index contributed by atoms with van der Waals surface area (Å²) in [6, 6.07) is 10.8. The fraction of sp³-hybridized carbons (Fsp3) is 0.0588. The summed E-state index contributed by atoms with van der Waals surface area (Å²) in [6.07, 6.45) is 0. The van der Waals surface area contributed by atoms with E-state index in [4.69, 9.17) is 16.0 Å². The molecule has 23 heavy (non-hydrogen) atoms. The number of phenols is 1. The third-order valence-corrected chi connectivity index (χ3v) is 3.80. The number of halogens is 1. The molecule has 1 amide bonds. The number of anilines is 1. The number of hydrogen-bond donors (Lipinski definition) is 2. The second-order valence-electron chi connectivity index (χ2n) is 5.09. The molecule has 116 valence electrons. The van der Waals surface area contributed by atoms with Gasteiger partial charge >= 0.3 is 5.63 Å². The minimum Gasteiger partial charge on any atom is -0.508 e. The van der Waals surface area contributed by atoms with Gasteiger partial charge in [-0.3, -0.25) is 4.79 Å². The topological polar surface area (TPSA) is 79.5 Å². The lowest BCUT2D eigenvalue weighted by molar-refractivity contribution is 0.102. The molecular weight excluding hydrogens is 318 g/mol. The van der Waals surface area contributed by atoms with Crippen LogP contribution < -0.4 is 10.9 Å². The van der Waals surface area contributed by atoms with Gasteiger partial charge in [0.25, 0.3) is 5.91 Å². The normalized spacial score (nSPS) is 10.7. The summed E-state index contributed by atoms with van der Waals surface area (Å²) in [5.74, 6) is -0.610. The zero-order valence-corrected chi connectivity index (χ0v) is 12.8. The molecule has 2 N–H and O–H groups in total. The molecule has 0 saturated carbocycles. The predicted molar refractivity (Wildman–Crippen MR) is 88.3 cm³/mol. The van der Waals surface area contributed by atoms with Gasteiger partial charge in [0, 0.05) is 22.2 Å². The Labute approximate surface area is 136 Å². The van der Waals surface area contributed by atoms with Crippen molar-refractivity contribution >= 4 is 34.2 Å². The lowest BCUT2D eigenvalue weighted by Gasteiger charge is -2.07. The van der Waals surface area contributed by atoms with Crippen LogP contribution in [0.15, 0.2) is 51.7 Å². The molecule has 0 aliphatic heterocycles. The van der Waals surface area contributed by atoms with Crippen LogP contribution in [-0.4, -0.2) is 11.0 Å². The molecular formula is C17H12ClNO4. The molecule has 1 aromatic heterocycles. The van der Waals surface area contributed by atoms with E-state index in [1.165, 1.54) is 18.2 Å². The minimum absolute atomic E-state index is 0.0212. The number of nitrogens with one attached hydrogen (secondary N) is 1. The van der Waals surface area contributed by atoms with E-state index in [0.29, 0.717) is 16.1 Å². The molecule has 3 rings (SSSR count). The van der Waals surface area contributed by atoms with E-state index >= 15 is 0 Å². The van der Waals surface area contributed by atoms with E-state index in [2.05, 4.69) is 5.32 Å². The molecule has 0 aliphatic rings. The van der Waals surface area contributed by atoms with E-state index in [1.54, 1.807) is 24.3 Å². The highest BCUT2D eigenvalue weighted by Gasteiger charge is 2.14. The summed E-state index contributed by atoms with van der Waals surface area (Å²) in [4.78, 5) is 24.2. The Morgan fingerprint density at radius 2 is 1.96 bits per heavy atom. The summed E-state index contributed by atoms with van der Waals surface area (Å²) in [7, 11) is 0. The molecule has 0 unspecified atom stereocenters. The van der Waals surface area contributed by atoms with E-state index in [1.807, 2.05) is 6.92 Å². The molecule has 3 aromatic rings. The number of aromatic hydroxyl groups is 1. The number of rotatable bonds is 2. The number of carbonyl (C=O) groups is 1. The Kier molecular flexibility index (Phi) is 3.80. The van der Waals surface area contributed by atoms with Crippen LogP contribution in [0.25, 0.3) is 11.0 Å². The maximum Gasteiger partial charge on any atom is 0.349 e. The summed E-state index contributed by atoms with van der Waals surface area (Å²) < 4.78 is 5.07. The van der Waals surface area contributed by atoms with Gasteiger partial charge in [-0.05, 0) is 42.8 Å². The third kappa shape index (κ3) is 3.05. The average Bonchev–Trinajstić information content (AvgIpc) is 2.50. The van der Waals surface area contributed by atoms with Crippen molar-refractivity contribution in [2.45, 2.75) is 6.92 Å². The number of hydrogen-bond acceptors (Lipinski definition) is 4. The van der Waals surface area contributed by atoms with E-state index < -0.39 is 11.5 Å². The average molecular weight is 330 g/mol. The molecule has 2 aromatic carbocycles. The molecule has 0 bridgehead atoms. The molecule has 0 atom stereocenters. The Balaban J connectivity index is 1.97. The van der Waals surface area contributed by atoms with E-state index in [9.17, 15) is 14.7 Å². The van der Waals surface area contributed by atoms with Crippen molar-refractivity contribution < 1.29 is 14.3 Å². The maximum absolute atomic E-state index is 12.3. The van der Waals surface area contributed by atoms with Gasteiger partial charge in [-0.1, -0.05) is 17.7 Å². The first-order valence-electron chi connectivity index (χ1n) is 6.78. The molecule has 0 spiro atoms. The van der Waals surface area contributed by atoms with Crippen molar-refractivity contribution in [2.24, 2.45) is 0 Å². The van der Waals surface area contributed by atoms with Gasteiger partial charge in [0.1, 0.15) is 16.9 Å². The molecule has 1 heterocycles. The highest BCUT2D eigenvalue weighted by molar-refractivity contribution is 6.31. The maximum atomic E-state index is 12.3. The quantitative estimate of drug-likeness (QED) is 0.702. The molecule has 0 aliphatic carbocycles. The van der Waals surface area contributed by atoms with Crippen LogP contribution >= 0.6 is 11.6 Å². The van der Waals surface area contributed by atoms with Crippen molar-refractivity contribution in [3.8, 4) is 5.75 Å². The van der Waals surface area contributed by atoms with Crippen LogP contribution in [0.3, 0.4) is 0 Å². The SMILES string of the molecule is Cc1ccc(NC(=O)c2cc3ccc(O)cc3oc2=O)cc1Cl. The lowest BCUT2D eigenvalue weighted by Crippen LogP contribution is -2.20. The summed E-state index contributed by atoms with van der Waals surface area (Å²) >= 11 is 6.01. The second kappa shape index (κ2) is 5.78. The van der Waals surface area contributed by atoms with Crippen LogP contribution in [0.1, 0.15) is 15.9 Å². The number of fused-ring (bicyclic) bond motifs is 1. The van der Waals surface area contributed by atoms with Gasteiger partial charge in [0.2, 0.25) is 0 Å². The van der Waals surface area contributed by atoms with Crippen molar-refractivity contribution in [3.05, 3.63) is 69.0 Å².